The molecule has 1 saturated carbocycles. The fraction of sp³-hybridized carbons (Fsp3) is 1.00. The lowest BCUT2D eigenvalue weighted by Gasteiger charge is -2.41. The molecule has 0 aromatic carbocycles. The van der Waals surface area contributed by atoms with E-state index in [2.05, 4.69) is 26.1 Å². The molecular formula is C17H33NO3. The van der Waals surface area contributed by atoms with Crippen LogP contribution in [0.5, 0.6) is 0 Å². The van der Waals surface area contributed by atoms with Crippen LogP contribution in [0.1, 0.15) is 59.3 Å². The lowest BCUT2D eigenvalue weighted by atomic mass is 9.87. The Balaban J connectivity index is 1.83. The highest BCUT2D eigenvalue weighted by atomic mass is 16.7. The van der Waals surface area contributed by atoms with Gasteiger partial charge >= 0.3 is 0 Å². The Kier molecular flexibility index (Phi) is 6.93. The second-order valence-electron chi connectivity index (χ2n) is 6.86. The molecule has 2 rings (SSSR count). The van der Waals surface area contributed by atoms with E-state index in [0.29, 0.717) is 6.04 Å². The first-order valence-electron chi connectivity index (χ1n) is 8.78. The summed E-state index contributed by atoms with van der Waals surface area (Å²) in [5, 5.41) is 3.64. The molecule has 1 aliphatic carbocycles. The molecule has 4 nitrogen and oxygen atoms in total. The molecule has 1 aliphatic heterocycles. The van der Waals surface area contributed by atoms with Gasteiger partial charge in [-0.2, -0.15) is 0 Å². The van der Waals surface area contributed by atoms with Crippen molar-refractivity contribution in [3.8, 4) is 0 Å². The Hall–Kier alpha value is -0.160. The summed E-state index contributed by atoms with van der Waals surface area (Å²) in [4.78, 5) is 0. The van der Waals surface area contributed by atoms with Crippen LogP contribution < -0.4 is 5.32 Å². The molecule has 2 fully saturated rings. The SMILES string of the molecule is CCCNC1CCC2(CC1OCCCC(C)C)OCCO2. The van der Waals surface area contributed by atoms with Crippen LogP contribution in [0.15, 0.2) is 0 Å². The Morgan fingerprint density at radius 3 is 2.71 bits per heavy atom. The molecule has 0 amide bonds. The van der Waals surface area contributed by atoms with Gasteiger partial charge in [-0.15, -0.1) is 0 Å². The van der Waals surface area contributed by atoms with E-state index >= 15 is 0 Å². The molecule has 1 spiro atoms. The molecule has 2 aliphatic rings. The Morgan fingerprint density at radius 1 is 1.29 bits per heavy atom. The van der Waals surface area contributed by atoms with E-state index in [0.717, 1.165) is 64.4 Å². The largest absolute Gasteiger partial charge is 0.376 e. The zero-order chi connectivity index (χ0) is 15.1. The van der Waals surface area contributed by atoms with E-state index in [1.807, 2.05) is 0 Å². The summed E-state index contributed by atoms with van der Waals surface area (Å²) >= 11 is 0. The molecule has 0 bridgehead atoms. The van der Waals surface area contributed by atoms with Gasteiger partial charge in [-0.3, -0.25) is 0 Å². The summed E-state index contributed by atoms with van der Waals surface area (Å²) in [5.74, 6) is 0.398. The number of ether oxygens (including phenoxy) is 3. The van der Waals surface area contributed by atoms with Crippen LogP contribution in [0.4, 0.5) is 0 Å². The first-order chi connectivity index (χ1) is 10.2. The van der Waals surface area contributed by atoms with Crippen LogP contribution in [0.3, 0.4) is 0 Å². The minimum atomic E-state index is -0.354. The third kappa shape index (κ3) is 5.20. The summed E-state index contributed by atoms with van der Waals surface area (Å²) in [6, 6.07) is 0.447. The summed E-state index contributed by atoms with van der Waals surface area (Å²) in [6.07, 6.45) is 6.69. The van der Waals surface area contributed by atoms with Crippen molar-refractivity contribution in [2.24, 2.45) is 5.92 Å². The first kappa shape index (κ1) is 17.2. The zero-order valence-electron chi connectivity index (χ0n) is 14.0. The van der Waals surface area contributed by atoms with Crippen LogP contribution in [-0.2, 0) is 14.2 Å². The molecule has 2 unspecified atom stereocenters. The van der Waals surface area contributed by atoms with Crippen molar-refractivity contribution in [2.45, 2.75) is 77.2 Å². The van der Waals surface area contributed by atoms with Crippen molar-refractivity contribution in [3.63, 3.8) is 0 Å². The second-order valence-corrected chi connectivity index (χ2v) is 6.86. The fourth-order valence-corrected chi connectivity index (χ4v) is 3.34. The van der Waals surface area contributed by atoms with Gasteiger partial charge in [-0.25, -0.2) is 0 Å². The second kappa shape index (κ2) is 8.47. The molecule has 0 aromatic heterocycles. The maximum atomic E-state index is 6.21. The van der Waals surface area contributed by atoms with Crippen molar-refractivity contribution in [3.05, 3.63) is 0 Å². The minimum absolute atomic E-state index is 0.218. The van der Waals surface area contributed by atoms with Crippen molar-refractivity contribution >= 4 is 0 Å². The van der Waals surface area contributed by atoms with E-state index < -0.39 is 0 Å². The predicted molar refractivity (Wildman–Crippen MR) is 84.4 cm³/mol. The molecule has 4 heteroatoms. The third-order valence-electron chi connectivity index (χ3n) is 4.53. The van der Waals surface area contributed by atoms with E-state index in [4.69, 9.17) is 14.2 Å². The van der Waals surface area contributed by atoms with Crippen molar-refractivity contribution in [1.29, 1.82) is 0 Å². The maximum absolute atomic E-state index is 6.21. The highest BCUT2D eigenvalue weighted by Crippen LogP contribution is 2.37. The smallest absolute Gasteiger partial charge is 0.171 e. The zero-order valence-corrected chi connectivity index (χ0v) is 14.0. The Labute approximate surface area is 129 Å². The van der Waals surface area contributed by atoms with Gasteiger partial charge in [-0.1, -0.05) is 20.8 Å². The average Bonchev–Trinajstić information content (AvgIpc) is 2.91. The van der Waals surface area contributed by atoms with Crippen LogP contribution >= 0.6 is 0 Å². The summed E-state index contributed by atoms with van der Waals surface area (Å²) in [7, 11) is 0. The fourth-order valence-electron chi connectivity index (χ4n) is 3.34. The molecule has 124 valence electrons. The van der Waals surface area contributed by atoms with Gasteiger partial charge < -0.3 is 19.5 Å². The summed E-state index contributed by atoms with van der Waals surface area (Å²) < 4.78 is 18.0. The van der Waals surface area contributed by atoms with Gasteiger partial charge in [-0.05, 0) is 38.1 Å². The number of nitrogens with one attached hydrogen (secondary N) is 1. The van der Waals surface area contributed by atoms with Crippen LogP contribution in [0.2, 0.25) is 0 Å². The number of hydrogen-bond donors (Lipinski definition) is 1. The van der Waals surface area contributed by atoms with Crippen molar-refractivity contribution in [1.82, 2.24) is 5.32 Å². The number of rotatable bonds is 8. The van der Waals surface area contributed by atoms with Crippen molar-refractivity contribution in [2.75, 3.05) is 26.4 Å². The maximum Gasteiger partial charge on any atom is 0.171 e. The first-order valence-corrected chi connectivity index (χ1v) is 8.78. The third-order valence-corrected chi connectivity index (χ3v) is 4.53. The Morgan fingerprint density at radius 2 is 2.05 bits per heavy atom. The quantitative estimate of drug-likeness (QED) is 0.699. The molecule has 1 saturated heterocycles. The summed E-state index contributed by atoms with van der Waals surface area (Å²) in [6.45, 7) is 10.1. The van der Waals surface area contributed by atoms with E-state index in [9.17, 15) is 0 Å². The lowest BCUT2D eigenvalue weighted by Crippen LogP contribution is -2.52. The van der Waals surface area contributed by atoms with Gasteiger partial charge in [0.05, 0.1) is 19.3 Å². The van der Waals surface area contributed by atoms with Crippen LogP contribution in [0.25, 0.3) is 0 Å². The molecule has 1 heterocycles. The van der Waals surface area contributed by atoms with Gasteiger partial charge in [0, 0.05) is 25.5 Å². The van der Waals surface area contributed by atoms with E-state index in [1.54, 1.807) is 0 Å². The van der Waals surface area contributed by atoms with Gasteiger partial charge in [0.25, 0.3) is 0 Å². The monoisotopic (exact) mass is 299 g/mol. The number of hydrogen-bond acceptors (Lipinski definition) is 4. The lowest BCUT2D eigenvalue weighted by molar-refractivity contribution is -0.207. The van der Waals surface area contributed by atoms with Crippen LogP contribution in [0, 0.1) is 5.92 Å². The minimum Gasteiger partial charge on any atom is -0.376 e. The van der Waals surface area contributed by atoms with Gasteiger partial charge in [0.15, 0.2) is 5.79 Å². The average molecular weight is 299 g/mol. The predicted octanol–water partition coefficient (Wildman–Crippen LogP) is 3.10. The molecule has 21 heavy (non-hydrogen) atoms. The van der Waals surface area contributed by atoms with Gasteiger partial charge in [0.1, 0.15) is 0 Å². The normalized spacial score (nSPS) is 28.6. The topological polar surface area (TPSA) is 39.7 Å². The standard InChI is InChI=1S/C17H33NO3/c1-4-9-18-15-7-8-17(20-11-12-21-17)13-16(15)19-10-5-6-14(2)3/h14-16,18H,4-13H2,1-3H3. The van der Waals surface area contributed by atoms with Crippen molar-refractivity contribution < 1.29 is 14.2 Å². The summed E-state index contributed by atoms with van der Waals surface area (Å²) in [5.41, 5.74) is 0. The van der Waals surface area contributed by atoms with Gasteiger partial charge in [0.2, 0.25) is 0 Å². The highest BCUT2D eigenvalue weighted by Gasteiger charge is 2.45. The molecule has 0 aromatic rings. The molecule has 1 N–H and O–H groups in total. The molecule has 2 atom stereocenters. The highest BCUT2D eigenvalue weighted by molar-refractivity contribution is 4.92. The molecule has 0 radical (unpaired) electrons. The van der Waals surface area contributed by atoms with E-state index in [1.165, 1.54) is 6.42 Å². The Bertz CT molecular complexity index is 290. The van der Waals surface area contributed by atoms with E-state index in [-0.39, 0.29) is 11.9 Å². The van der Waals surface area contributed by atoms with Crippen LogP contribution in [-0.4, -0.2) is 44.3 Å². The molecular weight excluding hydrogens is 266 g/mol.